The van der Waals surface area contributed by atoms with Crippen molar-refractivity contribution in [1.29, 1.82) is 0 Å². The second kappa shape index (κ2) is 3.44. The zero-order valence-electron chi connectivity index (χ0n) is 10.9. The Morgan fingerprint density at radius 3 is 2.76 bits per heavy atom. The fourth-order valence-electron chi connectivity index (χ4n) is 4.53. The molecule has 2 fully saturated rings. The van der Waals surface area contributed by atoms with Crippen LogP contribution in [0.4, 0.5) is 0 Å². The van der Waals surface area contributed by atoms with Gasteiger partial charge >= 0.3 is 0 Å². The minimum Gasteiger partial charge on any atom is -0.396 e. The van der Waals surface area contributed by atoms with Gasteiger partial charge in [0.25, 0.3) is 0 Å². The van der Waals surface area contributed by atoms with E-state index in [0.29, 0.717) is 29.5 Å². The van der Waals surface area contributed by atoms with Crippen molar-refractivity contribution in [3.05, 3.63) is 11.6 Å². The number of allylic oxidation sites excluding steroid dienone is 2. The zero-order chi connectivity index (χ0) is 12.4. The van der Waals surface area contributed by atoms with Gasteiger partial charge in [0, 0.05) is 12.5 Å². The molecule has 3 aliphatic carbocycles. The average Bonchev–Trinajstić information content (AvgIpc) is 2.83. The lowest BCUT2D eigenvalue weighted by atomic mass is 9.80. The maximum Gasteiger partial charge on any atom is 0.159 e. The van der Waals surface area contributed by atoms with Gasteiger partial charge in [-0.25, -0.2) is 0 Å². The standard InChI is InChI=1S/C15H22O2/c1-8-4-5-11-14(15(11,3)7-16)13-9(2)12(17)6-10(8)13/h6,8-9,11,13-14,16H,4-5,7H2,1-3H3/t8-,9-,11+,13-,14+,15+/m0/s1. The van der Waals surface area contributed by atoms with Crippen molar-refractivity contribution in [1.82, 2.24) is 0 Å². The van der Waals surface area contributed by atoms with Gasteiger partial charge in [0.05, 0.1) is 0 Å². The summed E-state index contributed by atoms with van der Waals surface area (Å²) < 4.78 is 0. The van der Waals surface area contributed by atoms with Crippen LogP contribution < -0.4 is 0 Å². The van der Waals surface area contributed by atoms with Gasteiger partial charge in [0.15, 0.2) is 5.78 Å². The minimum atomic E-state index is 0.0861. The molecule has 0 bridgehead atoms. The van der Waals surface area contributed by atoms with E-state index in [1.165, 1.54) is 18.4 Å². The Bertz CT molecular complexity index is 398. The fraction of sp³-hybridized carbons (Fsp3) is 0.800. The first kappa shape index (κ1) is 11.5. The molecule has 0 radical (unpaired) electrons. The van der Waals surface area contributed by atoms with Crippen LogP contribution in [0.25, 0.3) is 0 Å². The number of hydrogen-bond acceptors (Lipinski definition) is 2. The Hall–Kier alpha value is -0.630. The summed E-state index contributed by atoms with van der Waals surface area (Å²) in [7, 11) is 0. The van der Waals surface area contributed by atoms with Crippen molar-refractivity contribution in [3.63, 3.8) is 0 Å². The van der Waals surface area contributed by atoms with Crippen LogP contribution in [0.2, 0.25) is 0 Å². The van der Waals surface area contributed by atoms with Gasteiger partial charge in [-0.15, -0.1) is 0 Å². The van der Waals surface area contributed by atoms with Crippen molar-refractivity contribution < 1.29 is 9.90 Å². The van der Waals surface area contributed by atoms with Gasteiger partial charge in [0.1, 0.15) is 0 Å². The summed E-state index contributed by atoms with van der Waals surface area (Å²) in [5.74, 6) is 2.62. The molecule has 0 heterocycles. The molecule has 0 aromatic heterocycles. The van der Waals surface area contributed by atoms with Gasteiger partial charge in [0.2, 0.25) is 0 Å². The smallest absolute Gasteiger partial charge is 0.159 e. The third-order valence-corrected chi connectivity index (χ3v) is 5.82. The van der Waals surface area contributed by atoms with Gasteiger partial charge < -0.3 is 5.11 Å². The van der Waals surface area contributed by atoms with Crippen LogP contribution in [0.15, 0.2) is 11.6 Å². The Morgan fingerprint density at radius 1 is 1.41 bits per heavy atom. The lowest BCUT2D eigenvalue weighted by molar-refractivity contribution is -0.118. The van der Waals surface area contributed by atoms with E-state index in [1.54, 1.807) is 0 Å². The molecular formula is C15H22O2. The summed E-state index contributed by atoms with van der Waals surface area (Å²) in [5.41, 5.74) is 1.47. The van der Waals surface area contributed by atoms with E-state index in [4.69, 9.17) is 0 Å². The van der Waals surface area contributed by atoms with E-state index >= 15 is 0 Å². The molecule has 0 amide bonds. The zero-order valence-corrected chi connectivity index (χ0v) is 10.9. The summed E-state index contributed by atoms with van der Waals surface area (Å²) in [6.07, 6.45) is 4.31. The van der Waals surface area contributed by atoms with E-state index in [2.05, 4.69) is 20.8 Å². The number of aliphatic hydroxyl groups excluding tert-OH is 1. The second-order valence-corrected chi connectivity index (χ2v) is 6.64. The van der Waals surface area contributed by atoms with Crippen molar-refractivity contribution in [3.8, 4) is 0 Å². The van der Waals surface area contributed by atoms with Crippen LogP contribution >= 0.6 is 0 Å². The number of ketones is 1. The molecule has 2 saturated carbocycles. The summed E-state index contributed by atoms with van der Waals surface area (Å²) in [6.45, 7) is 6.81. The van der Waals surface area contributed by atoms with Crippen LogP contribution in [-0.2, 0) is 4.79 Å². The highest BCUT2D eigenvalue weighted by atomic mass is 16.3. The molecule has 0 unspecified atom stereocenters. The third kappa shape index (κ3) is 1.33. The topological polar surface area (TPSA) is 37.3 Å². The first-order valence-corrected chi connectivity index (χ1v) is 6.87. The van der Waals surface area contributed by atoms with Crippen molar-refractivity contribution >= 4 is 5.78 Å². The Kier molecular flexibility index (Phi) is 2.32. The van der Waals surface area contributed by atoms with E-state index in [0.717, 1.165) is 0 Å². The highest BCUT2D eigenvalue weighted by molar-refractivity contribution is 5.95. The molecule has 0 saturated heterocycles. The molecule has 0 aliphatic heterocycles. The number of aliphatic hydroxyl groups is 1. The largest absolute Gasteiger partial charge is 0.396 e. The van der Waals surface area contributed by atoms with E-state index < -0.39 is 0 Å². The summed E-state index contributed by atoms with van der Waals surface area (Å²) in [4.78, 5) is 11.9. The molecule has 2 heteroatoms. The molecule has 6 atom stereocenters. The molecule has 3 rings (SSSR count). The van der Waals surface area contributed by atoms with E-state index in [-0.39, 0.29) is 17.9 Å². The monoisotopic (exact) mass is 234 g/mol. The van der Waals surface area contributed by atoms with Gasteiger partial charge in [-0.05, 0) is 48.0 Å². The molecule has 0 aromatic carbocycles. The van der Waals surface area contributed by atoms with Crippen molar-refractivity contribution in [2.45, 2.75) is 33.6 Å². The summed E-state index contributed by atoms with van der Waals surface area (Å²) in [6, 6.07) is 0. The van der Waals surface area contributed by atoms with Crippen LogP contribution in [0.3, 0.4) is 0 Å². The second-order valence-electron chi connectivity index (χ2n) is 6.64. The van der Waals surface area contributed by atoms with Crippen LogP contribution in [-0.4, -0.2) is 17.5 Å². The SMILES string of the molecule is C[C@H]1CC[C@@H]2[C@H]([C@@H]3C1=CC(=O)[C@@H]3C)[C@]2(C)CO. The number of fused-ring (bicyclic) bond motifs is 3. The quantitative estimate of drug-likeness (QED) is 0.756. The Morgan fingerprint density at radius 2 is 2.12 bits per heavy atom. The molecule has 0 spiro atoms. The normalized spacial score (nSPS) is 52.6. The van der Waals surface area contributed by atoms with E-state index in [9.17, 15) is 9.90 Å². The molecule has 1 N–H and O–H groups in total. The average molecular weight is 234 g/mol. The number of rotatable bonds is 1. The highest BCUT2D eigenvalue weighted by Gasteiger charge is 2.66. The third-order valence-electron chi connectivity index (χ3n) is 5.82. The molecule has 2 nitrogen and oxygen atoms in total. The lowest BCUT2D eigenvalue weighted by Crippen LogP contribution is -2.22. The van der Waals surface area contributed by atoms with E-state index in [1.807, 2.05) is 6.08 Å². The van der Waals surface area contributed by atoms with Gasteiger partial charge in [-0.2, -0.15) is 0 Å². The number of hydrogen-bond donors (Lipinski definition) is 1. The molecular weight excluding hydrogens is 212 g/mol. The van der Waals surface area contributed by atoms with Gasteiger partial charge in [-0.3, -0.25) is 4.79 Å². The molecule has 0 aromatic rings. The predicted molar refractivity (Wildman–Crippen MR) is 66.3 cm³/mol. The first-order chi connectivity index (χ1) is 8.00. The van der Waals surface area contributed by atoms with Crippen LogP contribution in [0, 0.1) is 35.0 Å². The highest BCUT2D eigenvalue weighted by Crippen LogP contribution is 2.69. The van der Waals surface area contributed by atoms with Crippen molar-refractivity contribution in [2.75, 3.05) is 6.61 Å². The summed E-state index contributed by atoms with van der Waals surface area (Å²) >= 11 is 0. The number of carbonyl (C=O) groups excluding carboxylic acids is 1. The lowest BCUT2D eigenvalue weighted by Gasteiger charge is -2.24. The van der Waals surface area contributed by atoms with Gasteiger partial charge in [-0.1, -0.05) is 26.3 Å². The molecule has 17 heavy (non-hydrogen) atoms. The fourth-order valence-corrected chi connectivity index (χ4v) is 4.53. The predicted octanol–water partition coefficient (Wildman–Crippen LogP) is 2.42. The van der Waals surface area contributed by atoms with Crippen LogP contribution in [0.1, 0.15) is 33.6 Å². The Balaban J connectivity index is 1.98. The van der Waals surface area contributed by atoms with Crippen LogP contribution in [0.5, 0.6) is 0 Å². The number of carbonyl (C=O) groups is 1. The Labute approximate surface area is 103 Å². The molecule has 94 valence electrons. The maximum absolute atomic E-state index is 11.9. The molecule has 3 aliphatic rings. The van der Waals surface area contributed by atoms with Crippen molar-refractivity contribution in [2.24, 2.45) is 35.0 Å². The minimum absolute atomic E-state index is 0.0861. The first-order valence-electron chi connectivity index (χ1n) is 6.87. The maximum atomic E-state index is 11.9. The summed E-state index contributed by atoms with van der Waals surface area (Å²) in [5, 5.41) is 9.62.